The van der Waals surface area contributed by atoms with E-state index in [2.05, 4.69) is 0 Å². The summed E-state index contributed by atoms with van der Waals surface area (Å²) in [5.41, 5.74) is -2.59. The summed E-state index contributed by atoms with van der Waals surface area (Å²) in [6.07, 6.45) is 1.05. The summed E-state index contributed by atoms with van der Waals surface area (Å²) in [6.45, 7) is 1.42. The second-order valence-electron chi connectivity index (χ2n) is 6.86. The highest BCUT2D eigenvalue weighted by molar-refractivity contribution is 7.08. The molecule has 0 fully saturated rings. The minimum Gasteiger partial charge on any atom is -0.481 e. The molecule has 1 aromatic carbocycles. The molecule has 2 N–H and O–H groups in total. The molecule has 4 nitrogen and oxygen atoms in total. The molecule has 0 saturated carbocycles. The Balaban J connectivity index is 2.30. The molecule has 0 saturated heterocycles. The summed E-state index contributed by atoms with van der Waals surface area (Å²) in [6, 6.07) is 3.90. The van der Waals surface area contributed by atoms with Gasteiger partial charge in [0.05, 0.1) is 10.4 Å². The maximum absolute atomic E-state index is 14.7. The van der Waals surface area contributed by atoms with Crippen LogP contribution in [0.15, 0.2) is 35.0 Å². The summed E-state index contributed by atoms with van der Waals surface area (Å²) < 4.78 is 14.7. The molecule has 3 rings (SSSR count). The van der Waals surface area contributed by atoms with Crippen LogP contribution in [0.25, 0.3) is 5.57 Å². The van der Waals surface area contributed by atoms with Gasteiger partial charge in [-0.3, -0.25) is 9.59 Å². The second-order valence-corrected chi connectivity index (χ2v) is 8.42. The van der Waals surface area contributed by atoms with Crippen molar-refractivity contribution in [3.63, 3.8) is 0 Å². The van der Waals surface area contributed by atoms with E-state index in [-0.39, 0.29) is 23.4 Å². The van der Waals surface area contributed by atoms with Crippen molar-refractivity contribution in [2.45, 2.75) is 25.2 Å². The minimum absolute atomic E-state index is 0.0530. The van der Waals surface area contributed by atoms with Gasteiger partial charge >= 0.3 is 11.9 Å². The number of hydrogen-bond acceptors (Lipinski definition) is 3. The first kappa shape index (κ1) is 19.9. The van der Waals surface area contributed by atoms with Crippen LogP contribution in [-0.4, -0.2) is 22.2 Å². The minimum atomic E-state index is -1.84. The highest BCUT2D eigenvalue weighted by atomic mass is 35.5. The summed E-state index contributed by atoms with van der Waals surface area (Å²) in [7, 11) is 0. The normalized spacial score (nSPS) is 25.1. The Kier molecular flexibility index (Phi) is 5.10. The van der Waals surface area contributed by atoms with Gasteiger partial charge in [0, 0.05) is 21.5 Å². The summed E-state index contributed by atoms with van der Waals surface area (Å²) in [5, 5.41) is 23.6. The lowest BCUT2D eigenvalue weighted by Gasteiger charge is -2.41. The van der Waals surface area contributed by atoms with E-state index in [4.69, 9.17) is 23.2 Å². The third-order valence-corrected chi connectivity index (χ3v) is 6.45. The molecule has 2 atom stereocenters. The molecule has 0 spiro atoms. The molecule has 1 aromatic heterocycles. The maximum atomic E-state index is 14.7. The average molecular weight is 429 g/mol. The van der Waals surface area contributed by atoms with Gasteiger partial charge in [0.2, 0.25) is 0 Å². The Labute approximate surface area is 168 Å². The Morgan fingerprint density at radius 3 is 2.37 bits per heavy atom. The first-order valence-electron chi connectivity index (χ1n) is 7.96. The quantitative estimate of drug-likeness (QED) is 0.675. The molecule has 1 heterocycles. The fraction of sp³-hybridized carbons (Fsp3) is 0.263. The Hall–Kier alpha value is -1.89. The van der Waals surface area contributed by atoms with Crippen molar-refractivity contribution in [1.29, 1.82) is 0 Å². The number of halogens is 3. The molecule has 142 valence electrons. The number of carboxylic acid groups (broad SMARTS) is 2. The van der Waals surface area contributed by atoms with E-state index in [0.717, 1.165) is 6.07 Å². The molecule has 0 radical (unpaired) electrons. The number of rotatable bonds is 4. The lowest BCUT2D eigenvalue weighted by Crippen LogP contribution is -2.46. The van der Waals surface area contributed by atoms with E-state index in [9.17, 15) is 24.2 Å². The SMILES string of the molecule is CC1(C(=O)O)C=C(c2cscc2Cl)CC(C(=O)O)(c2c(F)cccc2Cl)C1. The number of allylic oxidation sites excluding steroid dienone is 1. The van der Waals surface area contributed by atoms with Gasteiger partial charge in [-0.1, -0.05) is 35.3 Å². The molecule has 8 heteroatoms. The predicted molar refractivity (Wildman–Crippen MR) is 103 cm³/mol. The van der Waals surface area contributed by atoms with Crippen LogP contribution >= 0.6 is 34.5 Å². The molecule has 0 bridgehead atoms. The van der Waals surface area contributed by atoms with Gasteiger partial charge in [0.25, 0.3) is 0 Å². The molecule has 1 aliphatic rings. The van der Waals surface area contributed by atoms with Crippen LogP contribution < -0.4 is 0 Å². The number of hydrogen-bond donors (Lipinski definition) is 2. The van der Waals surface area contributed by atoms with Crippen LogP contribution in [0.4, 0.5) is 4.39 Å². The number of benzene rings is 1. The summed E-state index contributed by atoms with van der Waals surface area (Å²) in [4.78, 5) is 24.4. The molecule has 2 unspecified atom stereocenters. The van der Waals surface area contributed by atoms with E-state index in [0.29, 0.717) is 16.2 Å². The van der Waals surface area contributed by atoms with Crippen LogP contribution in [0, 0.1) is 11.2 Å². The van der Waals surface area contributed by atoms with E-state index in [1.54, 1.807) is 10.8 Å². The molecule has 0 aliphatic heterocycles. The third-order valence-electron chi connectivity index (χ3n) is 4.95. The Bertz CT molecular complexity index is 950. The average Bonchev–Trinajstić information content (AvgIpc) is 3.00. The molecule has 1 aliphatic carbocycles. The van der Waals surface area contributed by atoms with Crippen molar-refractivity contribution in [3.8, 4) is 0 Å². The van der Waals surface area contributed by atoms with Crippen LogP contribution in [0.3, 0.4) is 0 Å². The van der Waals surface area contributed by atoms with Crippen molar-refractivity contribution in [3.05, 3.63) is 62.0 Å². The fourth-order valence-corrected chi connectivity index (χ4v) is 5.18. The van der Waals surface area contributed by atoms with Crippen LogP contribution in [-0.2, 0) is 15.0 Å². The van der Waals surface area contributed by atoms with Gasteiger partial charge in [0.1, 0.15) is 11.2 Å². The van der Waals surface area contributed by atoms with Gasteiger partial charge < -0.3 is 10.2 Å². The second kappa shape index (κ2) is 6.93. The highest BCUT2D eigenvalue weighted by Gasteiger charge is 2.54. The fourth-order valence-electron chi connectivity index (χ4n) is 3.71. The van der Waals surface area contributed by atoms with Gasteiger partial charge in [-0.15, -0.1) is 0 Å². The third kappa shape index (κ3) is 3.26. The first-order valence-corrected chi connectivity index (χ1v) is 9.66. The lowest BCUT2D eigenvalue weighted by atomic mass is 9.60. The van der Waals surface area contributed by atoms with E-state index < -0.39 is 28.6 Å². The van der Waals surface area contributed by atoms with Crippen molar-refractivity contribution in [1.82, 2.24) is 0 Å². The number of carbonyl (C=O) groups is 2. The zero-order valence-electron chi connectivity index (χ0n) is 14.1. The van der Waals surface area contributed by atoms with Gasteiger partial charge in [-0.25, -0.2) is 4.39 Å². The zero-order chi connectivity index (χ0) is 20.0. The van der Waals surface area contributed by atoms with Crippen LogP contribution in [0.5, 0.6) is 0 Å². The number of thiophene rings is 1. The Morgan fingerprint density at radius 1 is 1.15 bits per heavy atom. The van der Waals surface area contributed by atoms with Crippen LogP contribution in [0.1, 0.15) is 30.9 Å². The van der Waals surface area contributed by atoms with Gasteiger partial charge in [-0.2, -0.15) is 11.3 Å². The molecule has 27 heavy (non-hydrogen) atoms. The van der Waals surface area contributed by atoms with Gasteiger partial charge in [-0.05, 0) is 42.9 Å². The predicted octanol–water partition coefficient (Wildman–Crippen LogP) is 5.48. The van der Waals surface area contributed by atoms with E-state index in [1.165, 1.54) is 36.5 Å². The zero-order valence-corrected chi connectivity index (χ0v) is 16.5. The monoisotopic (exact) mass is 428 g/mol. The van der Waals surface area contributed by atoms with E-state index >= 15 is 0 Å². The maximum Gasteiger partial charge on any atom is 0.314 e. The highest BCUT2D eigenvalue weighted by Crippen LogP contribution is 2.53. The first-order chi connectivity index (χ1) is 12.6. The smallest absolute Gasteiger partial charge is 0.314 e. The topological polar surface area (TPSA) is 74.6 Å². The molecular weight excluding hydrogens is 414 g/mol. The summed E-state index contributed by atoms with van der Waals surface area (Å²) >= 11 is 13.7. The molecule has 0 amide bonds. The van der Waals surface area contributed by atoms with Gasteiger partial charge in [0.15, 0.2) is 0 Å². The lowest BCUT2D eigenvalue weighted by molar-refractivity contribution is -0.151. The Morgan fingerprint density at radius 2 is 1.85 bits per heavy atom. The van der Waals surface area contributed by atoms with Crippen molar-refractivity contribution >= 4 is 52.1 Å². The van der Waals surface area contributed by atoms with Crippen molar-refractivity contribution < 1.29 is 24.2 Å². The van der Waals surface area contributed by atoms with E-state index in [1.807, 2.05) is 0 Å². The number of carboxylic acids is 2. The number of aliphatic carboxylic acids is 2. The molecular formula is C19H15Cl2FO4S. The largest absolute Gasteiger partial charge is 0.481 e. The molecule has 2 aromatic rings. The summed E-state index contributed by atoms with van der Waals surface area (Å²) in [5.74, 6) is -3.32. The van der Waals surface area contributed by atoms with Crippen molar-refractivity contribution in [2.24, 2.45) is 5.41 Å². The van der Waals surface area contributed by atoms with Crippen molar-refractivity contribution in [2.75, 3.05) is 0 Å². The standard InChI is InChI=1S/C19H15Cl2FO4S/c1-18(16(23)24)5-10(11-7-27-8-13(11)21)6-19(9-18,17(25)26)15-12(20)3-2-4-14(15)22/h2-5,7-8H,6,9H2,1H3,(H,23,24)(H,25,26). The van der Waals surface area contributed by atoms with Crippen LogP contribution in [0.2, 0.25) is 10.0 Å².